The summed E-state index contributed by atoms with van der Waals surface area (Å²) in [7, 11) is 1.80. The van der Waals surface area contributed by atoms with Gasteiger partial charge in [-0.05, 0) is 13.0 Å². The van der Waals surface area contributed by atoms with Crippen LogP contribution >= 0.6 is 0 Å². The van der Waals surface area contributed by atoms with Crippen LogP contribution in [-0.4, -0.2) is 40.8 Å². The topological polar surface area (TPSA) is 95.0 Å². The monoisotopic (exact) mass is 224 g/mol. The highest BCUT2D eigenvalue weighted by Gasteiger charge is 2.12. The summed E-state index contributed by atoms with van der Waals surface area (Å²) < 4.78 is 0. The maximum Gasteiger partial charge on any atom is 0.172 e. The number of amidine groups is 1. The maximum atomic E-state index is 9.30. The van der Waals surface area contributed by atoms with E-state index in [4.69, 9.17) is 10.9 Å². The molecule has 1 unspecified atom stereocenters. The van der Waals surface area contributed by atoms with Crippen LogP contribution in [0.25, 0.3) is 0 Å². The fourth-order valence-corrected chi connectivity index (χ4v) is 1.46. The third-order valence-corrected chi connectivity index (χ3v) is 2.13. The Morgan fingerprint density at radius 2 is 2.38 bits per heavy atom. The molecule has 0 radical (unpaired) electrons. The number of likely N-dealkylation sites (N-methyl/N-ethyl adjacent to an activating group) is 1. The summed E-state index contributed by atoms with van der Waals surface area (Å²) in [5.74, 6) is 0.0230. The Bertz CT molecular complexity index is 379. The molecule has 0 amide bonds. The van der Waals surface area contributed by atoms with Crippen molar-refractivity contribution < 1.29 is 10.3 Å². The number of pyridine rings is 1. The molecule has 0 spiro atoms. The van der Waals surface area contributed by atoms with E-state index < -0.39 is 6.10 Å². The standard InChI is InChI=1S/C10H16N4O2/c1-7(15)6-14(2)9-5-12-4-3-8(9)10(11)13-16/h3-5,7,15-16H,6H2,1-2H3,(H2,11,13). The molecule has 0 bridgehead atoms. The van der Waals surface area contributed by atoms with Crippen LogP contribution < -0.4 is 10.6 Å². The van der Waals surface area contributed by atoms with Crippen molar-refractivity contribution in [3.63, 3.8) is 0 Å². The minimum Gasteiger partial charge on any atom is -0.409 e. The molecule has 1 atom stereocenters. The van der Waals surface area contributed by atoms with E-state index in [0.29, 0.717) is 17.8 Å². The van der Waals surface area contributed by atoms with Crippen LogP contribution in [0, 0.1) is 0 Å². The highest BCUT2D eigenvalue weighted by molar-refractivity contribution is 6.01. The van der Waals surface area contributed by atoms with Crippen molar-refractivity contribution in [1.82, 2.24) is 4.98 Å². The second-order valence-electron chi connectivity index (χ2n) is 3.61. The zero-order valence-corrected chi connectivity index (χ0v) is 9.33. The first kappa shape index (κ1) is 12.3. The van der Waals surface area contributed by atoms with Gasteiger partial charge < -0.3 is 20.9 Å². The normalized spacial score (nSPS) is 13.6. The van der Waals surface area contributed by atoms with Gasteiger partial charge in [-0.3, -0.25) is 4.98 Å². The number of hydrogen-bond donors (Lipinski definition) is 3. The number of hydrogen-bond acceptors (Lipinski definition) is 5. The van der Waals surface area contributed by atoms with Crippen LogP contribution in [0.1, 0.15) is 12.5 Å². The average molecular weight is 224 g/mol. The fourth-order valence-electron chi connectivity index (χ4n) is 1.46. The largest absolute Gasteiger partial charge is 0.409 e. The lowest BCUT2D eigenvalue weighted by atomic mass is 10.2. The Hall–Kier alpha value is -1.82. The third-order valence-electron chi connectivity index (χ3n) is 2.13. The number of aliphatic hydroxyl groups excluding tert-OH is 1. The van der Waals surface area contributed by atoms with Gasteiger partial charge in [0, 0.05) is 25.4 Å². The number of aliphatic hydroxyl groups is 1. The molecule has 0 saturated heterocycles. The van der Waals surface area contributed by atoms with E-state index in [1.54, 1.807) is 37.3 Å². The highest BCUT2D eigenvalue weighted by atomic mass is 16.4. The Kier molecular flexibility index (Phi) is 4.07. The molecule has 0 aromatic carbocycles. The lowest BCUT2D eigenvalue weighted by molar-refractivity contribution is 0.201. The number of oxime groups is 1. The lowest BCUT2D eigenvalue weighted by Gasteiger charge is -2.22. The summed E-state index contributed by atoms with van der Waals surface area (Å²) in [4.78, 5) is 5.77. The first-order valence-corrected chi connectivity index (χ1v) is 4.87. The van der Waals surface area contributed by atoms with Gasteiger partial charge in [-0.15, -0.1) is 0 Å². The van der Waals surface area contributed by atoms with E-state index in [-0.39, 0.29) is 5.84 Å². The van der Waals surface area contributed by atoms with Crippen molar-refractivity contribution in [1.29, 1.82) is 0 Å². The zero-order chi connectivity index (χ0) is 12.1. The van der Waals surface area contributed by atoms with E-state index in [9.17, 15) is 5.11 Å². The molecule has 16 heavy (non-hydrogen) atoms. The molecular weight excluding hydrogens is 208 g/mol. The lowest BCUT2D eigenvalue weighted by Crippen LogP contribution is -2.29. The number of aromatic nitrogens is 1. The quantitative estimate of drug-likeness (QED) is 0.289. The van der Waals surface area contributed by atoms with E-state index >= 15 is 0 Å². The van der Waals surface area contributed by atoms with E-state index in [1.807, 2.05) is 0 Å². The first-order valence-electron chi connectivity index (χ1n) is 4.87. The van der Waals surface area contributed by atoms with Gasteiger partial charge in [-0.2, -0.15) is 0 Å². The smallest absolute Gasteiger partial charge is 0.172 e. The predicted octanol–water partition coefficient (Wildman–Crippen LogP) is -0.00690. The van der Waals surface area contributed by atoms with Gasteiger partial charge in [0.1, 0.15) is 0 Å². The van der Waals surface area contributed by atoms with Gasteiger partial charge in [-0.25, -0.2) is 0 Å². The van der Waals surface area contributed by atoms with E-state index in [2.05, 4.69) is 10.1 Å². The minimum absolute atomic E-state index is 0.0230. The highest BCUT2D eigenvalue weighted by Crippen LogP contribution is 2.17. The SMILES string of the molecule is CC(O)CN(C)c1cnccc1/C(N)=N/O. The summed E-state index contributed by atoms with van der Waals surface area (Å²) >= 11 is 0. The second kappa shape index (κ2) is 5.32. The van der Waals surface area contributed by atoms with E-state index in [1.165, 1.54) is 0 Å². The van der Waals surface area contributed by atoms with Crippen molar-refractivity contribution >= 4 is 11.5 Å². The van der Waals surface area contributed by atoms with Gasteiger partial charge in [0.05, 0.1) is 18.0 Å². The number of rotatable bonds is 4. The predicted molar refractivity (Wildman–Crippen MR) is 61.7 cm³/mol. The molecule has 6 nitrogen and oxygen atoms in total. The molecule has 0 fully saturated rings. The number of anilines is 1. The Morgan fingerprint density at radius 1 is 1.69 bits per heavy atom. The second-order valence-corrected chi connectivity index (χ2v) is 3.61. The molecule has 1 heterocycles. The van der Waals surface area contributed by atoms with Crippen LogP contribution in [0.15, 0.2) is 23.6 Å². The summed E-state index contributed by atoms with van der Waals surface area (Å²) in [6.07, 6.45) is 2.70. The van der Waals surface area contributed by atoms with Crippen molar-refractivity contribution in [2.75, 3.05) is 18.5 Å². The molecule has 0 aliphatic rings. The first-order chi connectivity index (χ1) is 7.56. The Balaban J connectivity index is 3.03. The van der Waals surface area contributed by atoms with Gasteiger partial charge in [-0.1, -0.05) is 5.16 Å². The maximum absolute atomic E-state index is 9.30. The van der Waals surface area contributed by atoms with Gasteiger partial charge >= 0.3 is 0 Å². The van der Waals surface area contributed by atoms with Gasteiger partial charge in [0.2, 0.25) is 0 Å². The molecule has 0 aliphatic carbocycles. The molecule has 1 aromatic heterocycles. The zero-order valence-electron chi connectivity index (χ0n) is 9.33. The van der Waals surface area contributed by atoms with Crippen LogP contribution in [0.4, 0.5) is 5.69 Å². The van der Waals surface area contributed by atoms with Crippen molar-refractivity contribution in [3.05, 3.63) is 24.0 Å². The molecule has 88 valence electrons. The third kappa shape index (κ3) is 2.83. The van der Waals surface area contributed by atoms with Crippen molar-refractivity contribution in [2.24, 2.45) is 10.9 Å². The molecule has 0 aliphatic heterocycles. The Morgan fingerprint density at radius 3 is 2.94 bits per heavy atom. The van der Waals surface area contributed by atoms with Crippen molar-refractivity contribution in [2.45, 2.75) is 13.0 Å². The van der Waals surface area contributed by atoms with Crippen LogP contribution in [0.5, 0.6) is 0 Å². The molecule has 1 aromatic rings. The summed E-state index contributed by atoms with van der Waals surface area (Å²) in [6, 6.07) is 1.66. The molecule has 0 saturated carbocycles. The minimum atomic E-state index is -0.467. The molecular formula is C10H16N4O2. The van der Waals surface area contributed by atoms with Crippen molar-refractivity contribution in [3.8, 4) is 0 Å². The summed E-state index contributed by atoms with van der Waals surface area (Å²) in [5, 5.41) is 20.9. The fraction of sp³-hybridized carbons (Fsp3) is 0.400. The van der Waals surface area contributed by atoms with Crippen LogP contribution in [0.2, 0.25) is 0 Å². The van der Waals surface area contributed by atoms with E-state index in [0.717, 1.165) is 0 Å². The number of nitrogens with zero attached hydrogens (tertiary/aromatic N) is 3. The van der Waals surface area contributed by atoms with Crippen LogP contribution in [0.3, 0.4) is 0 Å². The van der Waals surface area contributed by atoms with Crippen LogP contribution in [-0.2, 0) is 0 Å². The summed E-state index contributed by atoms with van der Waals surface area (Å²) in [6.45, 7) is 2.13. The average Bonchev–Trinajstić information content (AvgIpc) is 2.27. The molecule has 1 rings (SSSR count). The molecule has 6 heteroatoms. The van der Waals surface area contributed by atoms with Gasteiger partial charge in [0.15, 0.2) is 5.84 Å². The van der Waals surface area contributed by atoms with Gasteiger partial charge in [0.25, 0.3) is 0 Å². The Labute approximate surface area is 94.0 Å². The summed E-state index contributed by atoms with van der Waals surface area (Å²) in [5.41, 5.74) is 6.84. The molecule has 4 N–H and O–H groups in total. The number of nitrogens with two attached hydrogens (primary N) is 1.